The molecule has 174 valence electrons. The molecule has 1 aromatic carbocycles. The second kappa shape index (κ2) is 9.58. The molecule has 8 heteroatoms. The average molecular weight is 445 g/mol. The van der Waals surface area contributed by atoms with E-state index in [1.165, 1.54) is 6.07 Å². The first kappa shape index (κ1) is 22.7. The summed E-state index contributed by atoms with van der Waals surface area (Å²) in [5.41, 5.74) is 1.96. The highest BCUT2D eigenvalue weighted by Gasteiger charge is 2.35. The van der Waals surface area contributed by atoms with Crippen LogP contribution in [0.2, 0.25) is 0 Å². The van der Waals surface area contributed by atoms with Gasteiger partial charge in [0.05, 0.1) is 5.52 Å². The van der Waals surface area contributed by atoms with Crippen molar-refractivity contribution in [3.8, 4) is 0 Å². The maximum absolute atomic E-state index is 14.1. The molecule has 2 fully saturated rings. The summed E-state index contributed by atoms with van der Waals surface area (Å²) in [6, 6.07) is 5.30. The molecule has 32 heavy (non-hydrogen) atoms. The third-order valence-electron chi connectivity index (χ3n) is 7.12. The lowest BCUT2D eigenvalue weighted by molar-refractivity contribution is -0.136. The molecule has 0 bridgehead atoms. The number of amides is 2. The molecular weight excluding hydrogens is 411 g/mol. The Hall–Kier alpha value is -2.45. The molecule has 2 amide bonds. The molecule has 3 N–H and O–H groups in total. The molecule has 3 atom stereocenters. The first-order valence-electron chi connectivity index (χ1n) is 11.6. The van der Waals surface area contributed by atoms with Crippen molar-refractivity contribution in [1.82, 2.24) is 20.1 Å². The number of nitrogens with one attached hydrogen (secondary N) is 2. The summed E-state index contributed by atoms with van der Waals surface area (Å²) in [6.07, 6.45) is 4.82. The quantitative estimate of drug-likeness (QED) is 0.639. The van der Waals surface area contributed by atoms with Gasteiger partial charge in [0.2, 0.25) is 5.91 Å². The third kappa shape index (κ3) is 4.52. The number of carbonyl (C=O) groups is 2. The SMILES string of the molecule is CCN(C(=O)CO)C1CCN([C@@H]2CCC[C@@H](NC(=O)c3cc4c(F)ccc(C)c4[nH]3)C2)C1. The van der Waals surface area contributed by atoms with E-state index in [2.05, 4.69) is 15.2 Å². The van der Waals surface area contributed by atoms with Crippen molar-refractivity contribution < 1.29 is 19.1 Å². The van der Waals surface area contributed by atoms with Crippen molar-refractivity contribution in [3.05, 3.63) is 35.3 Å². The van der Waals surface area contributed by atoms with Crippen molar-refractivity contribution in [2.45, 2.75) is 64.1 Å². The molecule has 0 radical (unpaired) electrons. The van der Waals surface area contributed by atoms with E-state index >= 15 is 0 Å². The van der Waals surface area contributed by atoms with Crippen LogP contribution in [0.3, 0.4) is 0 Å². The zero-order valence-electron chi connectivity index (χ0n) is 18.9. The van der Waals surface area contributed by atoms with Crippen molar-refractivity contribution in [2.24, 2.45) is 0 Å². The van der Waals surface area contributed by atoms with Crippen LogP contribution in [-0.4, -0.2) is 76.1 Å². The standard InChI is InChI=1S/C24H33FN4O3/c1-3-29(22(31)14-30)18-9-10-28(13-18)17-6-4-5-16(11-17)26-24(32)21-12-19-20(25)8-7-15(2)23(19)27-21/h7-8,12,16-18,27,30H,3-6,9-11,13-14H2,1-2H3,(H,26,32)/t16-,17-,18?/m1/s1. The van der Waals surface area contributed by atoms with Crippen molar-refractivity contribution in [2.75, 3.05) is 26.2 Å². The minimum Gasteiger partial charge on any atom is -0.387 e. The van der Waals surface area contributed by atoms with Gasteiger partial charge in [0.1, 0.15) is 18.1 Å². The lowest BCUT2D eigenvalue weighted by atomic mass is 9.90. The number of hydrogen-bond donors (Lipinski definition) is 3. The van der Waals surface area contributed by atoms with Crippen molar-refractivity contribution in [1.29, 1.82) is 0 Å². The van der Waals surface area contributed by atoms with Crippen LogP contribution in [0.25, 0.3) is 10.9 Å². The number of halogens is 1. The lowest BCUT2D eigenvalue weighted by Gasteiger charge is -2.36. The molecule has 4 rings (SSSR count). The maximum Gasteiger partial charge on any atom is 0.267 e. The molecule has 1 aliphatic carbocycles. The monoisotopic (exact) mass is 444 g/mol. The summed E-state index contributed by atoms with van der Waals surface area (Å²) >= 11 is 0. The highest BCUT2D eigenvalue weighted by molar-refractivity contribution is 5.99. The Morgan fingerprint density at radius 3 is 2.84 bits per heavy atom. The minimum absolute atomic E-state index is 0.0685. The molecule has 0 spiro atoms. The molecule has 1 aliphatic heterocycles. The molecule has 1 unspecified atom stereocenters. The van der Waals surface area contributed by atoms with Gasteiger partial charge in [0.15, 0.2) is 0 Å². The lowest BCUT2D eigenvalue weighted by Crippen LogP contribution is -2.47. The summed E-state index contributed by atoms with van der Waals surface area (Å²) in [5.74, 6) is -0.739. The van der Waals surface area contributed by atoms with Gasteiger partial charge in [-0.1, -0.05) is 6.07 Å². The number of likely N-dealkylation sites (N-methyl/N-ethyl adjacent to an activating group) is 1. The van der Waals surface area contributed by atoms with Crippen LogP contribution < -0.4 is 5.32 Å². The summed E-state index contributed by atoms with van der Waals surface area (Å²) in [5, 5.41) is 12.8. The van der Waals surface area contributed by atoms with Gasteiger partial charge in [0.25, 0.3) is 5.91 Å². The zero-order valence-corrected chi connectivity index (χ0v) is 18.9. The summed E-state index contributed by atoms with van der Waals surface area (Å²) in [4.78, 5) is 32.2. The Balaban J connectivity index is 1.37. The summed E-state index contributed by atoms with van der Waals surface area (Å²) in [6.45, 7) is 5.73. The molecule has 1 saturated heterocycles. The minimum atomic E-state index is -0.445. The average Bonchev–Trinajstić information content (AvgIpc) is 3.46. The van der Waals surface area contributed by atoms with Gasteiger partial charge in [-0.05, 0) is 63.6 Å². The Morgan fingerprint density at radius 2 is 2.12 bits per heavy atom. The van der Waals surface area contributed by atoms with Gasteiger partial charge in [-0.3, -0.25) is 14.5 Å². The van der Waals surface area contributed by atoms with E-state index in [0.717, 1.165) is 50.8 Å². The van der Waals surface area contributed by atoms with Crippen LogP contribution in [0.1, 0.15) is 55.1 Å². The number of aliphatic hydroxyl groups is 1. The van der Waals surface area contributed by atoms with E-state index in [1.54, 1.807) is 17.0 Å². The molecule has 1 saturated carbocycles. The van der Waals surface area contributed by atoms with Crippen LogP contribution in [0.5, 0.6) is 0 Å². The van der Waals surface area contributed by atoms with Crippen LogP contribution in [0.4, 0.5) is 4.39 Å². The number of aromatic amines is 1. The third-order valence-corrected chi connectivity index (χ3v) is 7.12. The Bertz CT molecular complexity index is 952. The fourth-order valence-electron chi connectivity index (χ4n) is 5.42. The highest BCUT2D eigenvalue weighted by atomic mass is 19.1. The number of H-pyrrole nitrogens is 1. The van der Waals surface area contributed by atoms with Gasteiger partial charge < -0.3 is 20.3 Å². The second-order valence-corrected chi connectivity index (χ2v) is 9.10. The van der Waals surface area contributed by atoms with E-state index in [9.17, 15) is 19.1 Å². The number of carbonyl (C=O) groups excluding carboxylic acids is 2. The fourth-order valence-corrected chi connectivity index (χ4v) is 5.42. The van der Waals surface area contributed by atoms with Crippen molar-refractivity contribution >= 4 is 22.7 Å². The largest absolute Gasteiger partial charge is 0.387 e. The second-order valence-electron chi connectivity index (χ2n) is 9.10. The van der Waals surface area contributed by atoms with Crippen LogP contribution in [0, 0.1) is 12.7 Å². The van der Waals surface area contributed by atoms with Gasteiger partial charge in [-0.15, -0.1) is 0 Å². The smallest absolute Gasteiger partial charge is 0.267 e. The van der Waals surface area contributed by atoms with E-state index in [1.807, 2.05) is 13.8 Å². The number of aryl methyl sites for hydroxylation is 1. The Labute approximate surface area is 188 Å². The highest BCUT2D eigenvalue weighted by Crippen LogP contribution is 2.28. The number of aromatic nitrogens is 1. The number of nitrogens with zero attached hydrogens (tertiary/aromatic N) is 2. The van der Waals surface area contributed by atoms with Crippen molar-refractivity contribution in [3.63, 3.8) is 0 Å². The van der Waals surface area contributed by atoms with Gasteiger partial charge in [-0.2, -0.15) is 0 Å². The molecule has 7 nitrogen and oxygen atoms in total. The predicted octanol–water partition coefficient (Wildman–Crippen LogP) is 2.57. The van der Waals surface area contributed by atoms with Crippen LogP contribution in [0.15, 0.2) is 18.2 Å². The number of likely N-dealkylation sites (tertiary alicyclic amines) is 1. The van der Waals surface area contributed by atoms with E-state index < -0.39 is 6.61 Å². The van der Waals surface area contributed by atoms with Gasteiger partial charge in [-0.25, -0.2) is 4.39 Å². The Morgan fingerprint density at radius 1 is 1.31 bits per heavy atom. The maximum atomic E-state index is 14.1. The van der Waals surface area contributed by atoms with Gasteiger partial charge in [0, 0.05) is 43.1 Å². The molecule has 2 aromatic rings. The zero-order chi connectivity index (χ0) is 22.8. The number of aliphatic hydroxyl groups excluding tert-OH is 1. The fraction of sp³-hybridized carbons (Fsp3) is 0.583. The topological polar surface area (TPSA) is 88.7 Å². The number of hydrogen-bond acceptors (Lipinski definition) is 4. The molecular formula is C24H33FN4O3. The summed E-state index contributed by atoms with van der Waals surface area (Å²) < 4.78 is 14.1. The van der Waals surface area contributed by atoms with Gasteiger partial charge >= 0.3 is 0 Å². The molecule has 2 heterocycles. The van der Waals surface area contributed by atoms with Crippen LogP contribution in [-0.2, 0) is 4.79 Å². The predicted molar refractivity (Wildman–Crippen MR) is 121 cm³/mol. The number of rotatable bonds is 6. The van der Waals surface area contributed by atoms with Crippen LogP contribution >= 0.6 is 0 Å². The number of benzene rings is 1. The van der Waals surface area contributed by atoms with E-state index in [-0.39, 0.29) is 29.7 Å². The number of fused-ring (bicyclic) bond motifs is 1. The summed E-state index contributed by atoms with van der Waals surface area (Å²) in [7, 11) is 0. The first-order valence-corrected chi connectivity index (χ1v) is 11.6. The van der Waals surface area contributed by atoms with E-state index in [0.29, 0.717) is 29.2 Å². The normalized spacial score (nSPS) is 24.1. The van der Waals surface area contributed by atoms with E-state index in [4.69, 9.17) is 0 Å². The molecule has 2 aliphatic rings. The first-order chi connectivity index (χ1) is 15.4. The Kier molecular flexibility index (Phi) is 6.81. The molecule has 1 aromatic heterocycles.